The third-order valence-electron chi connectivity index (χ3n) is 17.3. The number of carboxylic acid groups (broad SMARTS) is 1. The summed E-state index contributed by atoms with van der Waals surface area (Å²) in [7, 11) is 2.41. The minimum absolute atomic E-state index is 0. The molecule has 22 heteroatoms. The van der Waals surface area contributed by atoms with Crippen molar-refractivity contribution < 1.29 is 150 Å². The summed E-state index contributed by atoms with van der Waals surface area (Å²) in [5, 5.41) is 52.7. The third kappa shape index (κ3) is 27.9. The summed E-state index contributed by atoms with van der Waals surface area (Å²) in [5.41, 5.74) is 8.76. The number of carbonyl (C=O) groups is 3. The monoisotopic (exact) mass is 1590 g/mol. The maximum atomic E-state index is 14.1. The largest absolute Gasteiger partial charge is 1.00 e. The van der Waals surface area contributed by atoms with Gasteiger partial charge in [-0.1, -0.05) is 193 Å². The fourth-order valence-corrected chi connectivity index (χ4v) is 11.7. The van der Waals surface area contributed by atoms with E-state index in [0.717, 1.165) is 102 Å². The predicted octanol–water partition coefficient (Wildman–Crippen LogP) is 14.6. The number of carboxylic acids is 1. The topological polar surface area (TPSA) is 232 Å². The van der Waals surface area contributed by atoms with Crippen molar-refractivity contribution in [2.24, 2.45) is 0 Å². The number of phenolic OH excluding ortho intramolecular Hbond substituents is 3. The Morgan fingerprint density at radius 2 is 0.816 bits per heavy atom. The molecule has 588 valence electrons. The Labute approximate surface area is 715 Å². The summed E-state index contributed by atoms with van der Waals surface area (Å²) in [5.74, 6) is -0.717. The molecule has 16 nitrogen and oxygen atoms in total. The predicted molar refractivity (Wildman–Crippen MR) is 427 cm³/mol. The normalized spacial score (nSPS) is 10.2. The minimum Gasteiger partial charge on any atom is -0.872 e. The van der Waals surface area contributed by atoms with Gasteiger partial charge in [-0.2, -0.15) is 0 Å². The van der Waals surface area contributed by atoms with Crippen LogP contribution in [-0.2, 0) is 48.2 Å². The first-order chi connectivity index (χ1) is 54.2. The van der Waals surface area contributed by atoms with Crippen LogP contribution in [0.5, 0.6) is 69.0 Å². The van der Waals surface area contributed by atoms with Gasteiger partial charge in [-0.05, 0) is 169 Å². The van der Waals surface area contributed by atoms with Crippen molar-refractivity contribution in [3.8, 4) is 91.2 Å². The van der Waals surface area contributed by atoms with E-state index in [1.165, 1.54) is 50.1 Å². The van der Waals surface area contributed by atoms with Gasteiger partial charge in [0.05, 0.1) is 51.1 Å². The van der Waals surface area contributed by atoms with Gasteiger partial charge in [-0.25, -0.2) is 22.8 Å². The zero-order chi connectivity index (χ0) is 80.9. The number of alkyl halides is 1. The number of carbonyl (C=O) groups excluding carboxylic acids is 3. The van der Waals surface area contributed by atoms with Crippen molar-refractivity contribution in [1.29, 1.82) is 0 Å². The molecule has 11 aromatic carbocycles. The van der Waals surface area contributed by atoms with Gasteiger partial charge in [-0.15, -0.1) is 11.6 Å². The van der Waals surface area contributed by atoms with Crippen LogP contribution >= 0.6 is 11.6 Å². The van der Waals surface area contributed by atoms with Gasteiger partial charge in [-0.3, -0.25) is 0 Å². The second kappa shape index (κ2) is 50.2. The summed E-state index contributed by atoms with van der Waals surface area (Å²) in [4.78, 5) is 34.2. The Balaban J connectivity index is 0.000000273. The number of aryl methyl sites for hydroxylation is 3. The van der Waals surface area contributed by atoms with Crippen LogP contribution in [0.4, 0.5) is 13.2 Å². The first kappa shape index (κ1) is 94.5. The minimum atomic E-state index is -1.65. The summed E-state index contributed by atoms with van der Waals surface area (Å²) < 4.78 is 85.7. The first-order valence-electron chi connectivity index (χ1n) is 37.0. The SMILES string of the molecule is CCCc1c(O)cccc1O.CCCc1c(O)cccc1Oc1cccc(F)c1C(=O)OC.CCCc1c(OCCCOc2cc([O-])c(-c3ccccc3)cc2CC)cccc1Oc1cccc(F)c1C(=O)[O-].CCc1cc(-c2ccccc2)c(OCc2ccccc2)cc1OCCCCl.COC(=O)c1c(C)cccc1F.[Na+].[Na+]. The van der Waals surface area contributed by atoms with Crippen LogP contribution in [0.25, 0.3) is 22.3 Å². The summed E-state index contributed by atoms with van der Waals surface area (Å²) >= 11 is 5.79. The molecule has 0 aliphatic heterocycles. The van der Waals surface area contributed by atoms with E-state index in [0.29, 0.717) is 96.8 Å². The van der Waals surface area contributed by atoms with Crippen molar-refractivity contribution in [1.82, 2.24) is 0 Å². The summed E-state index contributed by atoms with van der Waals surface area (Å²) in [6.07, 6.45) is 7.46. The van der Waals surface area contributed by atoms with Crippen LogP contribution in [0.1, 0.15) is 137 Å². The van der Waals surface area contributed by atoms with E-state index in [1.807, 2.05) is 113 Å². The van der Waals surface area contributed by atoms with E-state index in [1.54, 1.807) is 73.7 Å². The molecule has 0 amide bonds. The molecule has 0 aliphatic rings. The van der Waals surface area contributed by atoms with Crippen molar-refractivity contribution in [2.75, 3.05) is 39.9 Å². The number of hydrogen-bond donors (Lipinski definition) is 3. The maximum absolute atomic E-state index is 14.1. The summed E-state index contributed by atoms with van der Waals surface area (Å²) in [6.45, 7) is 13.6. The molecule has 0 radical (unpaired) electrons. The van der Waals surface area contributed by atoms with Gasteiger partial charge in [0.1, 0.15) is 92.9 Å². The fraction of sp³-hybridized carbons (Fsp3) is 0.250. The molecular formula is C92H94ClF3Na2O16. The molecule has 0 saturated carbocycles. The molecule has 3 N–H and O–H groups in total. The van der Waals surface area contributed by atoms with Crippen molar-refractivity contribution in [2.45, 2.75) is 112 Å². The molecule has 11 aromatic rings. The van der Waals surface area contributed by atoms with Gasteiger partial charge in [0, 0.05) is 40.6 Å². The third-order valence-corrected chi connectivity index (χ3v) is 17.5. The van der Waals surface area contributed by atoms with Gasteiger partial charge in [0.25, 0.3) is 0 Å². The van der Waals surface area contributed by atoms with E-state index in [-0.39, 0.29) is 105 Å². The van der Waals surface area contributed by atoms with Gasteiger partial charge < -0.3 is 68.2 Å². The molecule has 0 unspecified atom stereocenters. The number of benzene rings is 11. The molecule has 11 rings (SSSR count). The average Bonchev–Trinajstić information content (AvgIpc) is 0.808. The van der Waals surface area contributed by atoms with Crippen LogP contribution in [-0.4, -0.2) is 73.1 Å². The van der Waals surface area contributed by atoms with Crippen LogP contribution in [0, 0.1) is 24.4 Å². The molecule has 0 spiro atoms. The fourth-order valence-electron chi connectivity index (χ4n) is 11.6. The van der Waals surface area contributed by atoms with Gasteiger partial charge in [0.2, 0.25) is 0 Å². The first-order valence-corrected chi connectivity index (χ1v) is 37.5. The zero-order valence-corrected chi connectivity index (χ0v) is 70.9. The van der Waals surface area contributed by atoms with Gasteiger partial charge in [0.15, 0.2) is 0 Å². The number of halogens is 4. The smallest absolute Gasteiger partial charge is 0.872 e. The summed E-state index contributed by atoms with van der Waals surface area (Å²) in [6, 6.07) is 65.0. The Morgan fingerprint density at radius 1 is 0.412 bits per heavy atom. The maximum Gasteiger partial charge on any atom is 1.00 e. The van der Waals surface area contributed by atoms with Crippen LogP contribution in [0.2, 0.25) is 0 Å². The average molecular weight is 1590 g/mol. The number of aromatic hydroxyl groups is 3. The Hall–Kier alpha value is -10.1. The molecule has 114 heavy (non-hydrogen) atoms. The quantitative estimate of drug-likeness (QED) is 0.0164. The van der Waals surface area contributed by atoms with Crippen molar-refractivity contribution >= 4 is 29.5 Å². The van der Waals surface area contributed by atoms with Crippen molar-refractivity contribution in [3.63, 3.8) is 0 Å². The van der Waals surface area contributed by atoms with E-state index >= 15 is 0 Å². The number of phenols is 3. The van der Waals surface area contributed by atoms with E-state index < -0.39 is 40.9 Å². The molecule has 0 bridgehead atoms. The van der Waals surface area contributed by atoms with Gasteiger partial charge >= 0.3 is 71.1 Å². The molecular weight excluding hydrogens is 1500 g/mol. The van der Waals surface area contributed by atoms with Crippen LogP contribution < -0.4 is 97.7 Å². The molecule has 0 aliphatic carbocycles. The molecule has 0 aromatic heterocycles. The second-order valence-electron chi connectivity index (χ2n) is 25.2. The Kier molecular flexibility index (Phi) is 41.6. The van der Waals surface area contributed by atoms with E-state index in [9.17, 15) is 53.1 Å². The van der Waals surface area contributed by atoms with E-state index in [4.69, 9.17) is 40.0 Å². The molecule has 0 fully saturated rings. The molecule has 0 heterocycles. The second-order valence-corrected chi connectivity index (χ2v) is 25.6. The van der Waals surface area contributed by atoms with Crippen LogP contribution in [0.15, 0.2) is 224 Å². The number of esters is 2. The molecule has 0 saturated heterocycles. The standard InChI is InChI=1S/C33H33FO6.C24H25ClO2.C17H17FO4.C9H9FO2.C9H12O2.2Na/c1-3-11-24-28(15-9-16-29(24)40-30-17-8-14-26(34)32(30)33(36)37)38-18-10-19-39-31-21-27(35)25(20-22(31)4-2)23-12-6-5-7-13-23;1-2-20-16-22(21-12-7-4-8-13-21)24(17-23(20)26-15-9-14-25)27-18-19-10-5-3-6-11-19;1-3-6-11-13(19)8-5-9-14(11)22-15-10-4-7-12(18)16(15)17(20)21-2;1-6-4-3-5-7(10)8(6)9(11)12-2;1-2-4-7-8(10)5-3-6-9(7)11;;/h5-9,12-17,20-21,35H,3-4,10-11,18-19H2,1-2H3,(H,36,37);3-8,10-13,16-17H,2,9,14-15,18H2,1H3;4-5,7-10,19H,3,6H2,1-2H3;3-5H,1-2H3;3,5-6,10-11H,2,4H2,1H3;;/q;;;;;2*+1/p-2. The number of hydrogen-bond acceptors (Lipinski definition) is 16. The zero-order valence-electron chi connectivity index (χ0n) is 66.1. The number of ether oxygens (including phenoxy) is 8. The van der Waals surface area contributed by atoms with Crippen LogP contribution in [0.3, 0.4) is 0 Å². The Morgan fingerprint density at radius 3 is 1.34 bits per heavy atom. The van der Waals surface area contributed by atoms with E-state index in [2.05, 4.69) is 46.7 Å². The number of aromatic carboxylic acids is 1. The Bertz CT molecular complexity index is 4780. The number of rotatable bonds is 30. The van der Waals surface area contributed by atoms with Crippen molar-refractivity contribution in [3.05, 3.63) is 298 Å². The molecule has 0 atom stereocenters. The number of methoxy groups -OCH3 is 2.